The molecule has 226 valence electrons. The van der Waals surface area contributed by atoms with Crippen LogP contribution in [-0.2, 0) is 31.8 Å². The number of rotatable bonds is 18. The molecule has 0 aromatic heterocycles. The second kappa shape index (κ2) is 18.3. The molecule has 0 aliphatic carbocycles. The topological polar surface area (TPSA) is 121 Å². The van der Waals surface area contributed by atoms with Gasteiger partial charge in [0.2, 0.25) is 6.41 Å². The summed E-state index contributed by atoms with van der Waals surface area (Å²) in [6.07, 6.45) is 2.26. The molecule has 0 spiro atoms. The maximum absolute atomic E-state index is 12.9. The standard InChI is InChI=1S/C28H39Cl2N5O5S/c1-35-18-25(24-16-22(29)17-27(30)26(24)19-35)21-5-4-6-23(15-21)41(38)34-10-12-40-14-13-39-11-9-33-28(37)32-8-3-2-7-31-20-36/h4-6,15-17,20,25,34H,2-3,7-14,18-19H2,1H3,(H,31,36)(H2,32,33,37). The average Bonchev–Trinajstić information content (AvgIpc) is 2.96. The second-order valence-corrected chi connectivity index (χ2v) is 11.8. The third-order valence-electron chi connectivity index (χ3n) is 6.47. The Bertz CT molecular complexity index is 1160. The number of ether oxygens (including phenoxy) is 2. The highest BCUT2D eigenvalue weighted by Crippen LogP contribution is 2.38. The van der Waals surface area contributed by atoms with Crippen molar-refractivity contribution in [2.45, 2.75) is 30.2 Å². The van der Waals surface area contributed by atoms with Crippen molar-refractivity contribution in [2.75, 3.05) is 66.2 Å². The van der Waals surface area contributed by atoms with Gasteiger partial charge in [0.25, 0.3) is 0 Å². The number of urea groups is 1. The molecule has 2 unspecified atom stereocenters. The minimum absolute atomic E-state index is 0.0764. The molecule has 2 atom stereocenters. The Hall–Kier alpha value is -2.25. The number of carbonyl (C=O) groups is 2. The van der Waals surface area contributed by atoms with E-state index in [9.17, 15) is 13.8 Å². The van der Waals surface area contributed by atoms with Crippen molar-refractivity contribution in [3.63, 3.8) is 0 Å². The van der Waals surface area contributed by atoms with Gasteiger partial charge in [0.1, 0.15) is 11.0 Å². The molecule has 3 rings (SSSR count). The highest BCUT2D eigenvalue weighted by Gasteiger charge is 2.27. The lowest BCUT2D eigenvalue weighted by Crippen LogP contribution is -2.38. The SMILES string of the molecule is CN1Cc2c(Cl)cc(Cl)cc2C(c2cccc(S(=O)NCCOCCOCCNC(=O)NCCCCNC=O)c2)C1. The summed E-state index contributed by atoms with van der Waals surface area (Å²) in [7, 11) is 0.678. The van der Waals surface area contributed by atoms with Crippen molar-refractivity contribution in [3.8, 4) is 0 Å². The highest BCUT2D eigenvalue weighted by molar-refractivity contribution is 7.83. The quantitative estimate of drug-likeness (QED) is 0.149. The summed E-state index contributed by atoms with van der Waals surface area (Å²) >= 11 is 12.8. The van der Waals surface area contributed by atoms with E-state index in [4.69, 9.17) is 32.7 Å². The Morgan fingerprint density at radius 2 is 1.76 bits per heavy atom. The van der Waals surface area contributed by atoms with Crippen molar-refractivity contribution >= 4 is 46.6 Å². The summed E-state index contributed by atoms with van der Waals surface area (Å²) in [6.45, 7) is 5.08. The summed E-state index contributed by atoms with van der Waals surface area (Å²) in [4.78, 5) is 24.7. The smallest absolute Gasteiger partial charge is 0.314 e. The number of nitrogens with zero attached hydrogens (tertiary/aromatic N) is 1. The minimum Gasteiger partial charge on any atom is -0.378 e. The number of hydrogen-bond donors (Lipinski definition) is 4. The average molecular weight is 629 g/mol. The van der Waals surface area contributed by atoms with Crippen LogP contribution in [0.25, 0.3) is 0 Å². The van der Waals surface area contributed by atoms with Gasteiger partial charge in [-0.25, -0.2) is 13.7 Å². The highest BCUT2D eigenvalue weighted by atomic mass is 35.5. The van der Waals surface area contributed by atoms with E-state index >= 15 is 0 Å². The van der Waals surface area contributed by atoms with Crippen molar-refractivity contribution in [3.05, 3.63) is 63.1 Å². The van der Waals surface area contributed by atoms with Crippen LogP contribution in [0.1, 0.15) is 35.4 Å². The van der Waals surface area contributed by atoms with E-state index < -0.39 is 11.0 Å². The first-order valence-electron chi connectivity index (χ1n) is 13.6. The number of halogens is 2. The third-order valence-corrected chi connectivity index (χ3v) is 8.17. The number of benzene rings is 2. The molecular weight excluding hydrogens is 589 g/mol. The van der Waals surface area contributed by atoms with E-state index in [1.54, 1.807) is 6.07 Å². The van der Waals surface area contributed by atoms with Gasteiger partial charge in [-0.05, 0) is 60.8 Å². The Labute approximate surface area is 254 Å². The first-order valence-corrected chi connectivity index (χ1v) is 15.6. The number of likely N-dealkylation sites (N-methyl/N-ethyl adjacent to an activating group) is 1. The molecule has 41 heavy (non-hydrogen) atoms. The molecule has 0 saturated heterocycles. The van der Waals surface area contributed by atoms with E-state index in [1.165, 1.54) is 0 Å². The van der Waals surface area contributed by atoms with Crippen LogP contribution in [0.5, 0.6) is 0 Å². The lowest BCUT2D eigenvalue weighted by molar-refractivity contribution is -0.109. The maximum atomic E-state index is 12.9. The van der Waals surface area contributed by atoms with Crippen LogP contribution in [0.4, 0.5) is 4.79 Å². The van der Waals surface area contributed by atoms with Crippen molar-refractivity contribution in [1.29, 1.82) is 0 Å². The zero-order valence-corrected chi connectivity index (χ0v) is 25.6. The molecule has 13 heteroatoms. The van der Waals surface area contributed by atoms with Gasteiger partial charge in [-0.3, -0.25) is 4.79 Å². The van der Waals surface area contributed by atoms with Gasteiger partial charge < -0.3 is 30.3 Å². The van der Waals surface area contributed by atoms with Gasteiger partial charge in [-0.1, -0.05) is 35.3 Å². The predicted octanol–water partition coefficient (Wildman–Crippen LogP) is 3.04. The number of nitrogens with one attached hydrogen (secondary N) is 4. The van der Waals surface area contributed by atoms with Gasteiger partial charge in [0, 0.05) is 55.2 Å². The molecule has 1 aliphatic rings. The fourth-order valence-corrected chi connectivity index (χ4v) is 5.95. The van der Waals surface area contributed by atoms with Gasteiger partial charge in [-0.2, -0.15) is 0 Å². The second-order valence-electron chi connectivity index (χ2n) is 9.63. The lowest BCUT2D eigenvalue weighted by Gasteiger charge is -2.33. The number of hydrogen-bond acceptors (Lipinski definition) is 6. The van der Waals surface area contributed by atoms with Crippen LogP contribution in [0.3, 0.4) is 0 Å². The summed E-state index contributed by atoms with van der Waals surface area (Å²) in [5.41, 5.74) is 3.26. The van der Waals surface area contributed by atoms with Gasteiger partial charge in [-0.15, -0.1) is 0 Å². The molecule has 0 bridgehead atoms. The van der Waals surface area contributed by atoms with E-state index in [1.807, 2.05) is 30.3 Å². The van der Waals surface area contributed by atoms with Crippen molar-refractivity contribution in [1.82, 2.24) is 25.6 Å². The Balaban J connectivity index is 1.29. The maximum Gasteiger partial charge on any atom is 0.314 e. The van der Waals surface area contributed by atoms with Gasteiger partial charge >= 0.3 is 6.03 Å². The van der Waals surface area contributed by atoms with E-state index in [-0.39, 0.29) is 11.9 Å². The number of carbonyl (C=O) groups excluding carboxylic acids is 2. The monoisotopic (exact) mass is 627 g/mol. The first kappa shape index (κ1) is 33.3. The van der Waals surface area contributed by atoms with Gasteiger partial charge in [0.15, 0.2) is 0 Å². The largest absolute Gasteiger partial charge is 0.378 e. The first-order chi connectivity index (χ1) is 19.9. The molecule has 0 radical (unpaired) electrons. The summed E-state index contributed by atoms with van der Waals surface area (Å²) in [5, 5.41) is 9.32. The Morgan fingerprint density at radius 1 is 1.02 bits per heavy atom. The lowest BCUT2D eigenvalue weighted by atomic mass is 9.85. The summed E-state index contributed by atoms with van der Waals surface area (Å²) < 4.78 is 26.9. The fourth-order valence-electron chi connectivity index (χ4n) is 4.50. The molecule has 0 saturated carbocycles. The Kier molecular flexibility index (Phi) is 14.9. The summed E-state index contributed by atoms with van der Waals surface area (Å²) in [5.74, 6) is 0.0764. The number of fused-ring (bicyclic) bond motifs is 1. The van der Waals surface area contributed by atoms with Crippen LogP contribution in [0.15, 0.2) is 41.3 Å². The molecule has 1 heterocycles. The molecule has 2 aromatic carbocycles. The zero-order valence-electron chi connectivity index (χ0n) is 23.3. The van der Waals surface area contributed by atoms with Crippen LogP contribution in [0, 0.1) is 0 Å². The molecule has 10 nitrogen and oxygen atoms in total. The summed E-state index contributed by atoms with van der Waals surface area (Å²) in [6, 6.07) is 11.3. The van der Waals surface area contributed by atoms with Crippen molar-refractivity contribution in [2.24, 2.45) is 0 Å². The molecule has 1 aliphatic heterocycles. The molecular formula is C28H39Cl2N5O5S. The Morgan fingerprint density at radius 3 is 2.54 bits per heavy atom. The molecule has 3 amide bonds. The van der Waals surface area contributed by atoms with Crippen LogP contribution < -0.4 is 20.7 Å². The third kappa shape index (κ3) is 11.5. The van der Waals surface area contributed by atoms with E-state index in [0.717, 1.165) is 42.6 Å². The van der Waals surface area contributed by atoms with E-state index in [2.05, 4.69) is 32.6 Å². The van der Waals surface area contributed by atoms with Crippen LogP contribution in [0.2, 0.25) is 10.0 Å². The van der Waals surface area contributed by atoms with Gasteiger partial charge in [0.05, 0.1) is 31.3 Å². The molecule has 2 aromatic rings. The number of unbranched alkanes of at least 4 members (excludes halogenated alkanes) is 1. The molecule has 4 N–H and O–H groups in total. The van der Waals surface area contributed by atoms with Crippen molar-refractivity contribution < 1.29 is 23.3 Å². The van der Waals surface area contributed by atoms with Crippen LogP contribution >= 0.6 is 23.2 Å². The predicted molar refractivity (Wildman–Crippen MR) is 162 cm³/mol. The van der Waals surface area contributed by atoms with E-state index in [0.29, 0.717) is 74.0 Å². The number of amides is 3. The normalized spacial score (nSPS) is 15.6. The minimum atomic E-state index is -1.38. The van der Waals surface area contributed by atoms with Crippen LogP contribution in [-0.4, -0.2) is 87.7 Å². The fraction of sp³-hybridized carbons (Fsp3) is 0.500. The zero-order chi connectivity index (χ0) is 29.5. The molecule has 0 fully saturated rings.